The summed E-state index contributed by atoms with van der Waals surface area (Å²) in [4.78, 5) is 4.54. The van der Waals surface area contributed by atoms with E-state index in [1.807, 2.05) is 36.0 Å². The number of fused-ring (bicyclic) bond motifs is 1. The van der Waals surface area contributed by atoms with Gasteiger partial charge in [0.05, 0.1) is 16.3 Å². The predicted molar refractivity (Wildman–Crippen MR) is 96.2 cm³/mol. The van der Waals surface area contributed by atoms with Crippen LogP contribution in [0.2, 0.25) is 5.02 Å². The first-order chi connectivity index (χ1) is 12.1. The van der Waals surface area contributed by atoms with Gasteiger partial charge in [0.1, 0.15) is 11.5 Å². The molecule has 5 nitrogen and oxygen atoms in total. The van der Waals surface area contributed by atoms with Gasteiger partial charge in [0.2, 0.25) is 0 Å². The summed E-state index contributed by atoms with van der Waals surface area (Å²) in [5, 5.41) is 9.65. The number of pyridine rings is 1. The minimum atomic E-state index is -0.313. The lowest BCUT2D eigenvalue weighted by atomic mass is 10.2. The lowest BCUT2D eigenvalue weighted by Crippen LogP contribution is -1.96. The molecule has 0 bridgehead atoms. The fourth-order valence-corrected chi connectivity index (χ4v) is 3.51. The molecule has 25 heavy (non-hydrogen) atoms. The summed E-state index contributed by atoms with van der Waals surface area (Å²) in [6, 6.07) is 10.2. The molecule has 4 rings (SSSR count). The van der Waals surface area contributed by atoms with Crippen LogP contribution in [0.1, 0.15) is 5.69 Å². The SMILES string of the molecule is Cn1c(SCc2cn3cc(Cl)ccc3n2)nnc1-c1ccccc1F. The molecule has 0 atom stereocenters. The molecule has 8 heteroatoms. The molecule has 0 N–H and O–H groups in total. The number of rotatable bonds is 4. The van der Waals surface area contributed by atoms with E-state index in [2.05, 4.69) is 15.2 Å². The number of hydrogen-bond donors (Lipinski definition) is 0. The van der Waals surface area contributed by atoms with E-state index in [0.29, 0.717) is 27.3 Å². The molecule has 126 valence electrons. The molecule has 0 amide bonds. The molecule has 0 radical (unpaired) electrons. The third-order valence-electron chi connectivity index (χ3n) is 3.76. The Kier molecular flexibility index (Phi) is 4.19. The lowest BCUT2D eigenvalue weighted by molar-refractivity contribution is 0.628. The van der Waals surface area contributed by atoms with E-state index in [1.165, 1.54) is 17.8 Å². The maximum absolute atomic E-state index is 14.0. The molecule has 0 spiro atoms. The van der Waals surface area contributed by atoms with Gasteiger partial charge in [-0.1, -0.05) is 35.5 Å². The largest absolute Gasteiger partial charge is 0.305 e. The van der Waals surface area contributed by atoms with Crippen molar-refractivity contribution in [3.05, 3.63) is 65.3 Å². The van der Waals surface area contributed by atoms with Crippen LogP contribution in [0, 0.1) is 5.82 Å². The van der Waals surface area contributed by atoms with Crippen LogP contribution in [0.5, 0.6) is 0 Å². The fraction of sp³-hybridized carbons (Fsp3) is 0.118. The van der Waals surface area contributed by atoms with Crippen molar-refractivity contribution in [2.45, 2.75) is 10.9 Å². The number of halogens is 2. The Hall–Kier alpha value is -2.38. The van der Waals surface area contributed by atoms with Crippen LogP contribution in [0.15, 0.2) is 53.9 Å². The van der Waals surface area contributed by atoms with E-state index in [4.69, 9.17) is 11.6 Å². The molecule has 3 heterocycles. The number of thioether (sulfide) groups is 1. The average Bonchev–Trinajstić information content (AvgIpc) is 3.16. The maximum atomic E-state index is 14.0. The monoisotopic (exact) mass is 373 g/mol. The molecular formula is C17H13ClFN5S. The quantitative estimate of drug-likeness (QED) is 0.503. The first kappa shape index (κ1) is 16.1. The number of benzene rings is 1. The molecule has 0 saturated heterocycles. The smallest absolute Gasteiger partial charge is 0.191 e. The van der Waals surface area contributed by atoms with Gasteiger partial charge in [0.15, 0.2) is 11.0 Å². The minimum Gasteiger partial charge on any atom is -0.305 e. The zero-order chi connectivity index (χ0) is 17.4. The van der Waals surface area contributed by atoms with Gasteiger partial charge >= 0.3 is 0 Å². The van der Waals surface area contributed by atoms with E-state index in [9.17, 15) is 4.39 Å². The number of imidazole rings is 1. The summed E-state index contributed by atoms with van der Waals surface area (Å²) in [7, 11) is 1.83. The minimum absolute atomic E-state index is 0.313. The van der Waals surface area contributed by atoms with E-state index >= 15 is 0 Å². The van der Waals surface area contributed by atoms with Crippen LogP contribution in [-0.2, 0) is 12.8 Å². The second-order valence-corrected chi connectivity index (χ2v) is 6.86. The molecule has 0 unspecified atom stereocenters. The van der Waals surface area contributed by atoms with Gasteiger partial charge in [0.25, 0.3) is 0 Å². The normalized spacial score (nSPS) is 11.3. The molecule has 0 saturated carbocycles. The van der Waals surface area contributed by atoms with Crippen LogP contribution in [-0.4, -0.2) is 24.1 Å². The number of nitrogens with zero attached hydrogens (tertiary/aromatic N) is 5. The van der Waals surface area contributed by atoms with E-state index in [-0.39, 0.29) is 5.82 Å². The third kappa shape index (κ3) is 3.12. The highest BCUT2D eigenvalue weighted by molar-refractivity contribution is 7.98. The van der Waals surface area contributed by atoms with Gasteiger partial charge < -0.3 is 8.97 Å². The Morgan fingerprint density at radius 1 is 1.12 bits per heavy atom. The molecule has 1 aromatic carbocycles. The highest BCUT2D eigenvalue weighted by Gasteiger charge is 2.15. The molecule has 0 aliphatic heterocycles. The summed E-state index contributed by atoms with van der Waals surface area (Å²) in [5.41, 5.74) is 2.18. The van der Waals surface area contributed by atoms with Crippen LogP contribution in [0.25, 0.3) is 17.0 Å². The van der Waals surface area contributed by atoms with Gasteiger partial charge in [0, 0.05) is 25.2 Å². The molecule has 4 aromatic rings. The summed E-state index contributed by atoms with van der Waals surface area (Å²) >= 11 is 7.49. The van der Waals surface area contributed by atoms with Crippen LogP contribution >= 0.6 is 23.4 Å². The van der Waals surface area contributed by atoms with Crippen molar-refractivity contribution in [2.75, 3.05) is 0 Å². The summed E-state index contributed by atoms with van der Waals surface area (Å²) in [5.74, 6) is 0.817. The number of aromatic nitrogens is 5. The van der Waals surface area contributed by atoms with Crippen molar-refractivity contribution in [3.8, 4) is 11.4 Å². The Bertz CT molecular complexity index is 1060. The van der Waals surface area contributed by atoms with Gasteiger partial charge in [-0.25, -0.2) is 9.37 Å². The summed E-state index contributed by atoms with van der Waals surface area (Å²) in [6.45, 7) is 0. The Morgan fingerprint density at radius 3 is 2.80 bits per heavy atom. The average molecular weight is 374 g/mol. The standard InChI is InChI=1S/C17H13ClFN5S/c1-23-16(13-4-2-3-5-14(13)19)21-22-17(23)25-10-12-9-24-8-11(18)6-7-15(24)20-12/h2-9H,10H2,1H3. The second-order valence-electron chi connectivity index (χ2n) is 5.48. The Morgan fingerprint density at radius 2 is 1.96 bits per heavy atom. The Balaban J connectivity index is 1.56. The molecular weight excluding hydrogens is 361 g/mol. The van der Waals surface area contributed by atoms with Gasteiger partial charge in [-0.15, -0.1) is 10.2 Å². The van der Waals surface area contributed by atoms with Crippen LogP contribution < -0.4 is 0 Å². The van der Waals surface area contributed by atoms with E-state index in [1.54, 1.807) is 22.8 Å². The number of hydrogen-bond acceptors (Lipinski definition) is 4. The van der Waals surface area contributed by atoms with Crippen molar-refractivity contribution >= 4 is 29.0 Å². The maximum Gasteiger partial charge on any atom is 0.191 e. The molecule has 0 fully saturated rings. The lowest BCUT2D eigenvalue weighted by Gasteiger charge is -2.04. The van der Waals surface area contributed by atoms with Crippen LogP contribution in [0.4, 0.5) is 4.39 Å². The zero-order valence-corrected chi connectivity index (χ0v) is 14.8. The van der Waals surface area contributed by atoms with Crippen LogP contribution in [0.3, 0.4) is 0 Å². The molecule has 0 aliphatic rings. The first-order valence-electron chi connectivity index (χ1n) is 7.52. The predicted octanol–water partition coefficient (Wildman–Crippen LogP) is 4.21. The van der Waals surface area contributed by atoms with Gasteiger partial charge in [-0.3, -0.25) is 0 Å². The third-order valence-corrected chi connectivity index (χ3v) is 5.04. The highest BCUT2D eigenvalue weighted by Crippen LogP contribution is 2.26. The van der Waals surface area contributed by atoms with Crippen molar-refractivity contribution < 1.29 is 4.39 Å². The first-order valence-corrected chi connectivity index (χ1v) is 8.88. The Labute approximate surface area is 152 Å². The van der Waals surface area contributed by atoms with E-state index in [0.717, 1.165) is 11.3 Å². The van der Waals surface area contributed by atoms with Crippen molar-refractivity contribution in [3.63, 3.8) is 0 Å². The summed E-state index contributed by atoms with van der Waals surface area (Å²) < 4.78 is 17.6. The van der Waals surface area contributed by atoms with Crippen molar-refractivity contribution in [1.29, 1.82) is 0 Å². The fourth-order valence-electron chi connectivity index (χ4n) is 2.54. The van der Waals surface area contributed by atoms with Crippen molar-refractivity contribution in [1.82, 2.24) is 24.1 Å². The highest BCUT2D eigenvalue weighted by atomic mass is 35.5. The second kappa shape index (κ2) is 6.50. The van der Waals surface area contributed by atoms with Crippen molar-refractivity contribution in [2.24, 2.45) is 7.05 Å². The van der Waals surface area contributed by atoms with Gasteiger partial charge in [-0.2, -0.15) is 0 Å². The zero-order valence-electron chi connectivity index (χ0n) is 13.2. The van der Waals surface area contributed by atoms with Gasteiger partial charge in [-0.05, 0) is 24.3 Å². The topological polar surface area (TPSA) is 48.0 Å². The molecule has 0 aliphatic carbocycles. The van der Waals surface area contributed by atoms with E-state index < -0.39 is 0 Å². The molecule has 3 aromatic heterocycles. The summed E-state index contributed by atoms with van der Waals surface area (Å²) in [6.07, 6.45) is 3.75.